The maximum atomic E-state index is 5.97. The molecule has 3 nitrogen and oxygen atoms in total. The molecule has 1 heterocycles. The predicted molar refractivity (Wildman–Crippen MR) is 60.3 cm³/mol. The highest BCUT2D eigenvalue weighted by Crippen LogP contribution is 2.27. The van der Waals surface area contributed by atoms with Crippen LogP contribution < -0.4 is 10.5 Å². The Bertz CT molecular complexity index is 337. The van der Waals surface area contributed by atoms with E-state index in [0.717, 1.165) is 19.4 Å². The van der Waals surface area contributed by atoms with E-state index >= 15 is 0 Å². The summed E-state index contributed by atoms with van der Waals surface area (Å²) in [5, 5.41) is 0.549. The van der Waals surface area contributed by atoms with Crippen molar-refractivity contribution >= 4 is 17.3 Å². The van der Waals surface area contributed by atoms with Gasteiger partial charge in [0.25, 0.3) is 0 Å². The molecule has 1 atom stereocenters. The average molecular weight is 228 g/mol. The highest BCUT2D eigenvalue weighted by Gasteiger charge is 2.16. The van der Waals surface area contributed by atoms with E-state index in [1.54, 1.807) is 18.2 Å². The minimum absolute atomic E-state index is 0.207. The maximum absolute atomic E-state index is 5.97. The zero-order chi connectivity index (χ0) is 10.7. The first-order valence-electron chi connectivity index (χ1n) is 5.05. The average Bonchev–Trinajstić information content (AvgIpc) is 2.69. The highest BCUT2D eigenvalue weighted by atomic mass is 35.5. The lowest BCUT2D eigenvalue weighted by Crippen LogP contribution is -2.16. The molecule has 1 saturated heterocycles. The lowest BCUT2D eigenvalue weighted by atomic mass is 10.2. The highest BCUT2D eigenvalue weighted by molar-refractivity contribution is 6.32. The number of nitrogen functional groups attached to an aromatic ring is 1. The van der Waals surface area contributed by atoms with Crippen LogP contribution in [0.3, 0.4) is 0 Å². The second-order valence-electron chi connectivity index (χ2n) is 3.64. The molecule has 1 aromatic rings. The fourth-order valence-corrected chi connectivity index (χ4v) is 1.84. The summed E-state index contributed by atoms with van der Waals surface area (Å²) in [4.78, 5) is 0. The summed E-state index contributed by atoms with van der Waals surface area (Å²) in [6.07, 6.45) is 2.38. The second kappa shape index (κ2) is 4.73. The van der Waals surface area contributed by atoms with E-state index in [1.165, 1.54) is 0 Å². The van der Waals surface area contributed by atoms with E-state index in [9.17, 15) is 0 Å². The van der Waals surface area contributed by atoms with Crippen LogP contribution in [0.5, 0.6) is 5.75 Å². The van der Waals surface area contributed by atoms with Crippen molar-refractivity contribution in [3.63, 3.8) is 0 Å². The van der Waals surface area contributed by atoms with E-state index in [0.29, 0.717) is 23.1 Å². The van der Waals surface area contributed by atoms with Gasteiger partial charge in [-0.1, -0.05) is 11.6 Å². The molecule has 0 unspecified atom stereocenters. The summed E-state index contributed by atoms with van der Waals surface area (Å²) >= 11 is 5.97. The molecule has 2 N–H and O–H groups in total. The smallest absolute Gasteiger partial charge is 0.138 e. The zero-order valence-electron chi connectivity index (χ0n) is 8.41. The molecule has 0 aromatic heterocycles. The molecule has 0 spiro atoms. The van der Waals surface area contributed by atoms with E-state index in [2.05, 4.69) is 0 Å². The van der Waals surface area contributed by atoms with Gasteiger partial charge in [0.05, 0.1) is 11.1 Å². The Labute approximate surface area is 94.1 Å². The zero-order valence-corrected chi connectivity index (χ0v) is 9.17. The number of ether oxygens (including phenoxy) is 2. The van der Waals surface area contributed by atoms with Crippen molar-refractivity contribution in [3.05, 3.63) is 23.2 Å². The molecule has 1 aliphatic heterocycles. The number of nitrogens with two attached hydrogens (primary N) is 1. The Kier molecular flexibility index (Phi) is 3.34. The molecule has 0 amide bonds. The van der Waals surface area contributed by atoms with Crippen LogP contribution >= 0.6 is 11.6 Å². The molecule has 4 heteroatoms. The number of hydrogen-bond donors (Lipinski definition) is 1. The van der Waals surface area contributed by atoms with Crippen molar-refractivity contribution in [2.45, 2.75) is 18.9 Å². The van der Waals surface area contributed by atoms with Gasteiger partial charge in [0.2, 0.25) is 0 Å². The minimum Gasteiger partial charge on any atom is -0.489 e. The summed E-state index contributed by atoms with van der Waals surface area (Å²) in [5.74, 6) is 0.668. The van der Waals surface area contributed by atoms with E-state index in [4.69, 9.17) is 26.8 Å². The van der Waals surface area contributed by atoms with Crippen LogP contribution in [0, 0.1) is 0 Å². The van der Waals surface area contributed by atoms with E-state index in [1.807, 2.05) is 0 Å². The standard InChI is InChI=1S/C11H14ClNO2/c12-10-6-8(13)3-4-11(10)15-7-9-2-1-5-14-9/h3-4,6,9H,1-2,5,7,13H2/t9-/m0/s1. The molecule has 0 aliphatic carbocycles. The van der Waals surface area contributed by atoms with Crippen molar-refractivity contribution in [2.24, 2.45) is 0 Å². The van der Waals surface area contributed by atoms with Crippen molar-refractivity contribution in [2.75, 3.05) is 18.9 Å². The molecular formula is C11H14ClNO2. The lowest BCUT2D eigenvalue weighted by Gasteiger charge is -2.12. The van der Waals surface area contributed by atoms with Crippen LogP contribution in [-0.4, -0.2) is 19.3 Å². The van der Waals surface area contributed by atoms with Gasteiger partial charge in [0, 0.05) is 12.3 Å². The number of rotatable bonds is 3. The molecule has 1 fully saturated rings. The first-order valence-corrected chi connectivity index (χ1v) is 5.43. The lowest BCUT2D eigenvalue weighted by molar-refractivity contribution is 0.0680. The number of anilines is 1. The van der Waals surface area contributed by atoms with Crippen LogP contribution in [0.2, 0.25) is 5.02 Å². The maximum Gasteiger partial charge on any atom is 0.138 e. The molecular weight excluding hydrogens is 214 g/mol. The van der Waals surface area contributed by atoms with Gasteiger partial charge < -0.3 is 15.2 Å². The van der Waals surface area contributed by atoms with E-state index in [-0.39, 0.29) is 6.10 Å². The summed E-state index contributed by atoms with van der Waals surface area (Å²) in [6.45, 7) is 1.40. The fourth-order valence-electron chi connectivity index (χ4n) is 1.59. The quantitative estimate of drug-likeness (QED) is 0.807. The summed E-state index contributed by atoms with van der Waals surface area (Å²) < 4.78 is 11.0. The number of hydrogen-bond acceptors (Lipinski definition) is 3. The second-order valence-corrected chi connectivity index (χ2v) is 4.04. The van der Waals surface area contributed by atoms with Crippen LogP contribution in [0.1, 0.15) is 12.8 Å². The van der Waals surface area contributed by atoms with Crippen LogP contribution in [0.4, 0.5) is 5.69 Å². The topological polar surface area (TPSA) is 44.5 Å². The van der Waals surface area contributed by atoms with Gasteiger partial charge in [0.15, 0.2) is 0 Å². The molecule has 0 saturated carbocycles. The summed E-state index contributed by atoms with van der Waals surface area (Å²) in [6, 6.07) is 5.25. The van der Waals surface area contributed by atoms with Gasteiger partial charge in [-0.2, -0.15) is 0 Å². The Morgan fingerprint density at radius 3 is 3.07 bits per heavy atom. The van der Waals surface area contributed by atoms with Crippen LogP contribution in [-0.2, 0) is 4.74 Å². The third-order valence-electron chi connectivity index (χ3n) is 2.40. The van der Waals surface area contributed by atoms with Gasteiger partial charge in [-0.05, 0) is 31.0 Å². The van der Waals surface area contributed by atoms with Gasteiger partial charge >= 0.3 is 0 Å². The number of benzene rings is 1. The van der Waals surface area contributed by atoms with Gasteiger partial charge in [-0.25, -0.2) is 0 Å². The summed E-state index contributed by atoms with van der Waals surface area (Å²) in [7, 11) is 0. The molecule has 15 heavy (non-hydrogen) atoms. The molecule has 0 bridgehead atoms. The predicted octanol–water partition coefficient (Wildman–Crippen LogP) is 2.48. The van der Waals surface area contributed by atoms with Crippen LogP contribution in [0.25, 0.3) is 0 Å². The van der Waals surface area contributed by atoms with Crippen molar-refractivity contribution in [3.8, 4) is 5.75 Å². The van der Waals surface area contributed by atoms with Gasteiger partial charge in [-0.3, -0.25) is 0 Å². The largest absolute Gasteiger partial charge is 0.489 e. The molecule has 0 radical (unpaired) electrons. The van der Waals surface area contributed by atoms with Crippen molar-refractivity contribution in [1.29, 1.82) is 0 Å². The Morgan fingerprint density at radius 2 is 2.40 bits per heavy atom. The van der Waals surface area contributed by atoms with E-state index < -0.39 is 0 Å². The third-order valence-corrected chi connectivity index (χ3v) is 2.70. The monoisotopic (exact) mass is 227 g/mol. The van der Waals surface area contributed by atoms with Crippen molar-refractivity contribution in [1.82, 2.24) is 0 Å². The first-order chi connectivity index (χ1) is 7.25. The fraction of sp³-hybridized carbons (Fsp3) is 0.455. The Hall–Kier alpha value is -0.930. The SMILES string of the molecule is Nc1ccc(OC[C@@H]2CCCO2)c(Cl)c1. The first kappa shape index (κ1) is 10.6. The third kappa shape index (κ3) is 2.76. The molecule has 2 rings (SSSR count). The molecule has 1 aromatic carbocycles. The van der Waals surface area contributed by atoms with Gasteiger partial charge in [0.1, 0.15) is 12.4 Å². The van der Waals surface area contributed by atoms with Crippen molar-refractivity contribution < 1.29 is 9.47 Å². The molecule has 1 aliphatic rings. The molecule has 82 valence electrons. The van der Waals surface area contributed by atoms with Gasteiger partial charge in [-0.15, -0.1) is 0 Å². The number of halogens is 1. The van der Waals surface area contributed by atoms with Crippen LogP contribution in [0.15, 0.2) is 18.2 Å². The Morgan fingerprint density at radius 1 is 1.53 bits per heavy atom. The Balaban J connectivity index is 1.92. The summed E-state index contributed by atoms with van der Waals surface area (Å²) in [5.41, 5.74) is 6.22. The minimum atomic E-state index is 0.207. The normalized spacial score (nSPS) is 20.5.